The van der Waals surface area contributed by atoms with Crippen LogP contribution in [0.15, 0.2) is 6.20 Å². The predicted molar refractivity (Wildman–Crippen MR) is 132 cm³/mol. The first-order valence-electron chi connectivity index (χ1n) is 13.7. The molecule has 4 fully saturated rings. The molecule has 12 heteroatoms. The highest BCUT2D eigenvalue weighted by Gasteiger charge is 2.45. The van der Waals surface area contributed by atoms with Crippen LogP contribution in [0.4, 0.5) is 17.6 Å². The lowest BCUT2D eigenvalue weighted by Gasteiger charge is -2.39. The largest absolute Gasteiger partial charge is 0.463 e. The van der Waals surface area contributed by atoms with Gasteiger partial charge in [-0.3, -0.25) is 14.9 Å². The maximum atomic E-state index is 14.1. The zero-order valence-corrected chi connectivity index (χ0v) is 21.9. The van der Waals surface area contributed by atoms with Crippen molar-refractivity contribution in [2.24, 2.45) is 30.7 Å². The third kappa shape index (κ3) is 5.94. The topological polar surface area (TPSA) is 95.3 Å². The predicted octanol–water partition coefficient (Wildman–Crippen LogP) is 3.44. The van der Waals surface area contributed by atoms with Crippen molar-refractivity contribution in [1.29, 1.82) is 5.41 Å². The fourth-order valence-electron chi connectivity index (χ4n) is 6.67. The summed E-state index contributed by atoms with van der Waals surface area (Å²) in [4.78, 5) is 15.5. The Hall–Kier alpha value is -2.37. The summed E-state index contributed by atoms with van der Waals surface area (Å²) in [5, 5.41) is 18.3. The van der Waals surface area contributed by atoms with Gasteiger partial charge in [0.05, 0.1) is 6.54 Å². The van der Waals surface area contributed by atoms with Crippen molar-refractivity contribution in [2.75, 3.05) is 26.2 Å². The van der Waals surface area contributed by atoms with Crippen LogP contribution < -0.4 is 10.6 Å². The highest BCUT2D eigenvalue weighted by molar-refractivity contribution is 5.79. The van der Waals surface area contributed by atoms with Gasteiger partial charge in [-0.05, 0) is 62.2 Å². The van der Waals surface area contributed by atoms with Crippen LogP contribution >= 0.6 is 0 Å². The number of hydrogen-bond acceptors (Lipinski definition) is 5. The molecule has 1 aromatic rings. The van der Waals surface area contributed by atoms with Crippen LogP contribution in [0, 0.1) is 29.1 Å². The number of carbonyl (C=O) groups excluding carboxylic acids is 1. The molecule has 1 amide bonds. The smallest absolute Gasteiger partial charge is 0.435 e. The van der Waals surface area contributed by atoms with Gasteiger partial charge in [0.1, 0.15) is 12.8 Å². The average molecular weight is 543 g/mol. The molecule has 3 N–H and O–H groups in total. The number of hydrogen-bond donors (Lipinski definition) is 3. The molecule has 8 nitrogen and oxygen atoms in total. The van der Waals surface area contributed by atoms with Crippen LogP contribution in [-0.2, 0) is 22.8 Å². The molecule has 0 bridgehead atoms. The van der Waals surface area contributed by atoms with E-state index in [-0.39, 0.29) is 48.0 Å². The monoisotopic (exact) mass is 542 g/mol. The van der Waals surface area contributed by atoms with E-state index in [1.165, 1.54) is 17.9 Å². The zero-order valence-electron chi connectivity index (χ0n) is 21.9. The number of nitrogens with one attached hydrogen (secondary N) is 3. The van der Waals surface area contributed by atoms with Gasteiger partial charge in [-0.25, -0.2) is 4.39 Å². The molecular formula is C26H38F4N6O2. The van der Waals surface area contributed by atoms with Crippen LogP contribution in [0.5, 0.6) is 0 Å². The Balaban J connectivity index is 1.35. The Labute approximate surface area is 220 Å². The fraction of sp³-hybridized carbons (Fsp3) is 0.808. The summed E-state index contributed by atoms with van der Waals surface area (Å²) in [7, 11) is 1.48. The third-order valence-corrected chi connectivity index (χ3v) is 8.80. The highest BCUT2D eigenvalue weighted by atomic mass is 19.4. The SMILES string of the molecule is CC1CC([C@@H](NC(=O)C2CC(CN3CCOC3=N)CC(c3cn(C)nc3C(F)(F)F)C2)C2CC2)NCC1F. The lowest BCUT2D eigenvalue weighted by atomic mass is 9.72. The number of alkyl halides is 4. The first-order chi connectivity index (χ1) is 18.0. The van der Waals surface area contributed by atoms with E-state index in [4.69, 9.17) is 10.1 Å². The van der Waals surface area contributed by atoms with E-state index >= 15 is 0 Å². The van der Waals surface area contributed by atoms with E-state index in [1.807, 2.05) is 6.92 Å². The number of rotatable bonds is 7. The molecule has 0 aromatic carbocycles. The van der Waals surface area contributed by atoms with Gasteiger partial charge in [0.15, 0.2) is 5.69 Å². The second kappa shape index (κ2) is 10.7. The Bertz CT molecular complexity index is 1030. The molecule has 0 radical (unpaired) electrons. The minimum Gasteiger partial charge on any atom is -0.463 e. The maximum absolute atomic E-state index is 14.1. The van der Waals surface area contributed by atoms with Gasteiger partial charge in [-0.15, -0.1) is 0 Å². The number of carbonyl (C=O) groups is 1. The normalized spacial score (nSPS) is 33.2. The standard InChI is InChI=1S/C26H38F4N6O2/c1-14-7-21(32-11-20(14)27)22(16-3-4-16)33-24(37)18-9-15(12-36-5-6-38-25(36)31)8-17(10-18)19-13-35(2)34-23(19)26(28,29)30/h13-18,20-22,31-32H,3-12H2,1-2H3,(H,33,37)/t14?,15?,17?,18?,20?,21?,22-/m0/s1. The van der Waals surface area contributed by atoms with Crippen molar-refractivity contribution in [1.82, 2.24) is 25.3 Å². The van der Waals surface area contributed by atoms with Crippen molar-refractivity contribution in [3.05, 3.63) is 17.5 Å². The molecule has 2 saturated heterocycles. The van der Waals surface area contributed by atoms with Crippen molar-refractivity contribution in [2.45, 2.75) is 75.8 Å². The lowest BCUT2D eigenvalue weighted by Crippen LogP contribution is -2.57. The van der Waals surface area contributed by atoms with Crippen LogP contribution in [0.1, 0.15) is 62.6 Å². The molecule has 2 aliphatic heterocycles. The van der Waals surface area contributed by atoms with E-state index in [1.54, 1.807) is 4.90 Å². The summed E-state index contributed by atoms with van der Waals surface area (Å²) in [6.07, 6.45) is -0.0792. The van der Waals surface area contributed by atoms with E-state index in [0.717, 1.165) is 12.8 Å². The van der Waals surface area contributed by atoms with E-state index in [9.17, 15) is 22.4 Å². The second-order valence-electron chi connectivity index (χ2n) is 11.8. The van der Waals surface area contributed by atoms with E-state index in [2.05, 4.69) is 15.7 Å². The molecule has 212 valence electrons. The molecule has 3 heterocycles. The summed E-state index contributed by atoms with van der Waals surface area (Å²) < 4.78 is 62.1. The molecule has 5 rings (SSSR count). The number of ether oxygens (including phenoxy) is 1. The lowest BCUT2D eigenvalue weighted by molar-refractivity contribution is -0.142. The maximum Gasteiger partial charge on any atom is 0.435 e. The molecule has 7 atom stereocenters. The summed E-state index contributed by atoms with van der Waals surface area (Å²) in [6.45, 7) is 3.60. The van der Waals surface area contributed by atoms with Gasteiger partial charge in [0.25, 0.3) is 6.02 Å². The van der Waals surface area contributed by atoms with Crippen molar-refractivity contribution in [3.8, 4) is 0 Å². The van der Waals surface area contributed by atoms with Crippen LogP contribution in [0.25, 0.3) is 0 Å². The highest BCUT2D eigenvalue weighted by Crippen LogP contribution is 2.45. The van der Waals surface area contributed by atoms with Gasteiger partial charge < -0.3 is 20.3 Å². The molecule has 2 aliphatic carbocycles. The van der Waals surface area contributed by atoms with Crippen molar-refractivity contribution >= 4 is 11.9 Å². The second-order valence-corrected chi connectivity index (χ2v) is 11.8. The van der Waals surface area contributed by atoms with Crippen molar-refractivity contribution < 1.29 is 27.1 Å². The van der Waals surface area contributed by atoms with Crippen molar-refractivity contribution in [3.63, 3.8) is 0 Å². The van der Waals surface area contributed by atoms with Crippen LogP contribution in [0.2, 0.25) is 0 Å². The van der Waals surface area contributed by atoms with Gasteiger partial charge >= 0.3 is 6.18 Å². The minimum atomic E-state index is -4.58. The Morgan fingerprint density at radius 3 is 2.68 bits per heavy atom. The average Bonchev–Trinajstić information content (AvgIpc) is 3.50. The Morgan fingerprint density at radius 2 is 2.05 bits per heavy atom. The number of amides is 1. The molecule has 1 aromatic heterocycles. The Morgan fingerprint density at radius 1 is 1.29 bits per heavy atom. The Kier molecular flexibility index (Phi) is 7.63. The number of piperidine rings is 1. The first-order valence-corrected chi connectivity index (χ1v) is 13.7. The molecule has 2 saturated carbocycles. The van der Waals surface area contributed by atoms with Gasteiger partial charge in [-0.1, -0.05) is 6.92 Å². The first kappa shape index (κ1) is 27.2. The van der Waals surface area contributed by atoms with Crippen LogP contribution in [0.3, 0.4) is 0 Å². The number of aryl methyl sites for hydroxylation is 1. The quantitative estimate of drug-likeness (QED) is 0.459. The molecule has 6 unspecified atom stereocenters. The molecule has 4 aliphatic rings. The number of halogens is 4. The van der Waals surface area contributed by atoms with Gasteiger partial charge in [0.2, 0.25) is 5.91 Å². The zero-order chi connectivity index (χ0) is 27.2. The molecule has 38 heavy (non-hydrogen) atoms. The summed E-state index contributed by atoms with van der Waals surface area (Å²) in [5.41, 5.74) is -0.759. The summed E-state index contributed by atoms with van der Waals surface area (Å²) in [6, 6.07) is -0.0514. The summed E-state index contributed by atoms with van der Waals surface area (Å²) in [5.74, 6) is -0.911. The van der Waals surface area contributed by atoms with Crippen LogP contribution in [-0.4, -0.2) is 71.1 Å². The number of nitrogens with zero attached hydrogens (tertiary/aromatic N) is 3. The molecular weight excluding hydrogens is 504 g/mol. The van der Waals surface area contributed by atoms with Gasteiger partial charge in [0, 0.05) is 49.9 Å². The fourth-order valence-corrected chi connectivity index (χ4v) is 6.67. The molecule has 0 spiro atoms. The summed E-state index contributed by atoms with van der Waals surface area (Å²) >= 11 is 0. The number of amidine groups is 1. The number of aromatic nitrogens is 2. The van der Waals surface area contributed by atoms with Gasteiger partial charge in [-0.2, -0.15) is 18.3 Å². The van der Waals surface area contributed by atoms with E-state index in [0.29, 0.717) is 51.3 Å². The van der Waals surface area contributed by atoms with E-state index < -0.39 is 29.9 Å². The third-order valence-electron chi connectivity index (χ3n) is 8.80. The minimum absolute atomic E-state index is 0.0130.